The Morgan fingerprint density at radius 2 is 1.19 bits per heavy atom. The highest BCUT2D eigenvalue weighted by Gasteiger charge is 2.41. The Balaban J connectivity index is 1.27. The zero-order chi connectivity index (χ0) is 54.9. The molecule has 35 heteroatoms. The van der Waals surface area contributed by atoms with Gasteiger partial charge >= 0.3 is 5.97 Å². The zero-order valence-electron chi connectivity index (χ0n) is 36.9. The van der Waals surface area contributed by atoms with Gasteiger partial charge in [0.2, 0.25) is 6.04 Å². The number of carbonyl (C=O) groups is 2. The molecular weight excluding hydrogens is 1100 g/mol. The summed E-state index contributed by atoms with van der Waals surface area (Å²) in [6.07, 6.45) is 0. The molecule has 1 amide bonds. The zero-order valence-corrected chi connectivity index (χ0v) is 41.0. The van der Waals surface area contributed by atoms with Gasteiger partial charge in [-0.1, -0.05) is 0 Å². The summed E-state index contributed by atoms with van der Waals surface area (Å²) in [4.78, 5) is 21.2. The first-order chi connectivity index (χ1) is 35.1. The second kappa shape index (κ2) is 21.3. The molecule has 2 atom stereocenters. The Kier molecular flexibility index (Phi) is 15.6. The molecule has 0 aromatic heterocycles. The number of aliphatic carboxylic acids is 1. The molecule has 394 valence electrons. The van der Waals surface area contributed by atoms with Crippen LogP contribution in [-0.4, -0.2) is 131 Å². The van der Waals surface area contributed by atoms with E-state index < -0.39 is 143 Å². The number of anilines is 1. The second-order valence-corrected chi connectivity index (χ2v) is 21.5. The summed E-state index contributed by atoms with van der Waals surface area (Å²) < 4.78 is 170. The van der Waals surface area contributed by atoms with E-state index in [4.69, 9.17) is 9.47 Å². The van der Waals surface area contributed by atoms with Gasteiger partial charge in [0, 0.05) is 22.9 Å². The number of hydrogen-bond acceptors (Lipinski definition) is 23. The van der Waals surface area contributed by atoms with Crippen LogP contribution in [0.3, 0.4) is 0 Å². The van der Waals surface area contributed by atoms with Gasteiger partial charge in [-0.2, -0.15) is 54.0 Å². The Bertz CT molecular complexity index is 3990. The Labute approximate surface area is 422 Å². The third kappa shape index (κ3) is 12.1. The number of aliphatic hydroxyl groups is 2. The fourth-order valence-electron chi connectivity index (χ4n) is 6.82. The molecule has 0 aliphatic carbocycles. The average molecular weight is 1140 g/mol. The molecule has 0 bridgehead atoms. The van der Waals surface area contributed by atoms with Crippen LogP contribution < -0.4 is 14.5 Å². The lowest BCUT2D eigenvalue weighted by Gasteiger charge is -2.13. The molecule has 0 saturated carbocycles. The lowest BCUT2D eigenvalue weighted by Crippen LogP contribution is -2.33. The molecule has 1 aliphatic rings. The van der Waals surface area contributed by atoms with Crippen molar-refractivity contribution in [3.8, 4) is 17.2 Å². The van der Waals surface area contributed by atoms with Crippen LogP contribution in [0, 0.1) is 0 Å². The van der Waals surface area contributed by atoms with E-state index in [0.29, 0.717) is 17.1 Å². The summed E-state index contributed by atoms with van der Waals surface area (Å²) in [6, 6.07) is 11.3. The number of aliphatic hydroxyl groups excluding tert-OH is 2. The highest BCUT2D eigenvalue weighted by Crippen LogP contribution is 2.46. The maximum atomic E-state index is 13.3. The SMILES string of the molecule is O=C(O)C1=NN(c2ccc(S(=O)(=O)O)cc2)C(=O)C1/N=N/c1ccc2c(O)c(/N=N/c3cc(OCCO)c(/N=N/c4cc5c(S(=O)O)cc(S(=O)(=O)O)cc5cc4S(=O)(=O)O)cc3OCCO)c(S(=O)(=O)O)cc2c1. The molecule has 75 heavy (non-hydrogen) atoms. The van der Waals surface area contributed by atoms with Crippen molar-refractivity contribution in [2.75, 3.05) is 31.4 Å². The van der Waals surface area contributed by atoms with Crippen LogP contribution in [0.4, 0.5) is 34.1 Å². The lowest BCUT2D eigenvalue weighted by atomic mass is 10.1. The third-order valence-corrected chi connectivity index (χ3v) is 14.3. The number of phenolic OH excluding ortho intramolecular Hbond substituents is 1. The monoisotopic (exact) mass is 1140 g/mol. The molecule has 0 spiro atoms. The van der Waals surface area contributed by atoms with Gasteiger partial charge in [-0.05, 0) is 83.6 Å². The minimum atomic E-state index is -5.31. The highest BCUT2D eigenvalue weighted by molar-refractivity contribution is 7.86. The Hall–Kier alpha value is -7.68. The van der Waals surface area contributed by atoms with Crippen molar-refractivity contribution < 1.29 is 100 Å². The van der Waals surface area contributed by atoms with E-state index in [1.807, 2.05) is 0 Å². The number of hydrogen-bond donors (Lipinski definition) is 9. The van der Waals surface area contributed by atoms with Crippen molar-refractivity contribution in [3.63, 3.8) is 0 Å². The van der Waals surface area contributed by atoms with E-state index in [9.17, 15) is 90.7 Å². The van der Waals surface area contributed by atoms with Gasteiger partial charge in [-0.15, -0.1) is 20.5 Å². The van der Waals surface area contributed by atoms with Crippen molar-refractivity contribution in [2.24, 2.45) is 35.8 Å². The molecule has 0 fully saturated rings. The summed E-state index contributed by atoms with van der Waals surface area (Å²) in [5, 5.41) is 67.1. The van der Waals surface area contributed by atoms with E-state index in [-0.39, 0.29) is 55.8 Å². The van der Waals surface area contributed by atoms with Crippen molar-refractivity contribution in [2.45, 2.75) is 30.5 Å². The van der Waals surface area contributed by atoms with Gasteiger partial charge in [0.1, 0.15) is 57.3 Å². The number of ether oxygens (including phenoxy) is 2. The normalized spacial score (nSPS) is 15.2. The number of aromatic hydroxyl groups is 1. The van der Waals surface area contributed by atoms with E-state index >= 15 is 0 Å². The molecule has 6 aromatic rings. The van der Waals surface area contributed by atoms with Gasteiger partial charge < -0.3 is 34.5 Å². The topological polar surface area (TPSA) is 478 Å². The van der Waals surface area contributed by atoms with Crippen LogP contribution in [0.2, 0.25) is 0 Å². The third-order valence-electron chi connectivity index (χ3n) is 10.1. The molecule has 9 N–H and O–H groups in total. The predicted molar refractivity (Wildman–Crippen MR) is 255 cm³/mol. The number of azo groups is 3. The number of benzene rings is 6. The van der Waals surface area contributed by atoms with Crippen LogP contribution in [0.15, 0.2) is 145 Å². The Morgan fingerprint density at radius 1 is 0.640 bits per heavy atom. The minimum Gasteiger partial charge on any atom is -0.505 e. The number of carboxylic acid groups (broad SMARTS) is 1. The number of hydrazone groups is 1. The van der Waals surface area contributed by atoms with Gasteiger partial charge in [-0.25, -0.2) is 9.00 Å². The molecule has 7 rings (SSSR count). The van der Waals surface area contributed by atoms with Crippen LogP contribution in [0.1, 0.15) is 0 Å². The largest absolute Gasteiger partial charge is 0.505 e. The number of nitrogens with zero attached hydrogens (tertiary/aromatic N) is 8. The number of fused-ring (bicyclic) bond motifs is 2. The first kappa shape index (κ1) is 55.1. The molecule has 0 radical (unpaired) electrons. The first-order valence-corrected chi connectivity index (χ1v) is 27.0. The quantitative estimate of drug-likeness (QED) is 0.0299. The van der Waals surface area contributed by atoms with Crippen LogP contribution in [-0.2, 0) is 61.1 Å². The van der Waals surface area contributed by atoms with Crippen molar-refractivity contribution >= 4 is 125 Å². The van der Waals surface area contributed by atoms with Gasteiger partial charge in [0.15, 0.2) is 22.5 Å². The van der Waals surface area contributed by atoms with Gasteiger partial charge in [0.25, 0.3) is 46.4 Å². The van der Waals surface area contributed by atoms with E-state index in [1.54, 1.807) is 0 Å². The van der Waals surface area contributed by atoms with Crippen molar-refractivity contribution in [1.29, 1.82) is 0 Å². The number of carboxylic acids is 1. The molecule has 1 heterocycles. The summed E-state index contributed by atoms with van der Waals surface area (Å²) in [5.41, 5.74) is -3.44. The molecule has 30 nitrogen and oxygen atoms in total. The Morgan fingerprint density at radius 3 is 1.72 bits per heavy atom. The lowest BCUT2D eigenvalue weighted by molar-refractivity contribution is -0.130. The fourth-order valence-corrected chi connectivity index (χ4v) is 9.80. The number of carbonyl (C=O) groups excluding carboxylic acids is 1. The van der Waals surface area contributed by atoms with E-state index in [2.05, 4.69) is 35.8 Å². The first-order valence-electron chi connectivity index (χ1n) is 20.2. The molecule has 0 saturated heterocycles. The molecule has 1 aliphatic heterocycles. The van der Waals surface area contributed by atoms with Crippen LogP contribution >= 0.6 is 0 Å². The van der Waals surface area contributed by atoms with E-state index in [1.165, 1.54) is 6.07 Å². The van der Waals surface area contributed by atoms with Crippen LogP contribution in [0.25, 0.3) is 21.5 Å². The number of amides is 1. The average Bonchev–Trinajstić information content (AvgIpc) is 3.67. The summed E-state index contributed by atoms with van der Waals surface area (Å²) in [5.74, 6) is -4.37. The summed E-state index contributed by atoms with van der Waals surface area (Å²) >= 11 is -2.96. The van der Waals surface area contributed by atoms with Gasteiger partial charge in [0.05, 0.1) is 39.3 Å². The van der Waals surface area contributed by atoms with Crippen LogP contribution in [0.5, 0.6) is 17.2 Å². The van der Waals surface area contributed by atoms with Crippen molar-refractivity contribution in [1.82, 2.24) is 0 Å². The summed E-state index contributed by atoms with van der Waals surface area (Å²) in [6.45, 7) is -2.19. The standard InChI is InChI=1S/C40H32N8O22S5/c49-7-9-69-30-18-28(31(70-10-8-50)17-27(30)42-44-29-16-26-20(13-33(29)74(63,64)65)12-24(73(60,61)62)15-32(26)71(55)56)43-45-35-34(75(66,67)68)14-19-11-21(1-6-25(19)38(35)51)41-46-36-37(40(53)54)47-48(39(36)52)22-2-4-23(5-3-22)72(57,58)59/h1-6,11-18,36,49-51H,7-10H2,(H,53,54)(H,55,56)(H,57,58,59)(H,60,61,62)(H,63,64,65)(H,66,67,68)/b44-42+,45-43+,46-41+. The van der Waals surface area contributed by atoms with Gasteiger partial charge in [-0.3, -0.25) is 23.0 Å². The van der Waals surface area contributed by atoms with E-state index in [0.717, 1.165) is 66.7 Å². The maximum Gasteiger partial charge on any atom is 0.355 e. The fraction of sp³-hybridized carbons (Fsp3) is 0.125. The number of rotatable bonds is 19. The molecule has 2 unspecified atom stereocenters. The minimum absolute atomic E-state index is 0.109. The molecular formula is C40H32N8O22S5. The highest BCUT2D eigenvalue weighted by atomic mass is 32.2. The predicted octanol–water partition coefficient (Wildman–Crippen LogP) is 4.78. The second-order valence-electron chi connectivity index (χ2n) is 15.0. The smallest absolute Gasteiger partial charge is 0.355 e. The number of phenols is 1. The summed E-state index contributed by atoms with van der Waals surface area (Å²) in [7, 11) is -20.2. The van der Waals surface area contributed by atoms with Crippen molar-refractivity contribution in [3.05, 3.63) is 84.9 Å². The maximum absolute atomic E-state index is 13.3. The molecule has 6 aromatic carbocycles.